The number of aromatic nitrogens is 1. The van der Waals surface area contributed by atoms with Gasteiger partial charge in [-0.05, 0) is 19.9 Å². The zero-order valence-electron chi connectivity index (χ0n) is 9.80. The zero-order valence-corrected chi connectivity index (χ0v) is 9.80. The van der Waals surface area contributed by atoms with Gasteiger partial charge in [0.25, 0.3) is 0 Å². The molecule has 0 aromatic carbocycles. The van der Waals surface area contributed by atoms with Gasteiger partial charge in [-0.15, -0.1) is 0 Å². The van der Waals surface area contributed by atoms with Crippen molar-refractivity contribution in [3.8, 4) is 0 Å². The number of hydrogen-bond acceptors (Lipinski definition) is 5. The topological polar surface area (TPSA) is 68.5 Å². The van der Waals surface area contributed by atoms with Crippen LogP contribution >= 0.6 is 0 Å². The third-order valence-corrected chi connectivity index (χ3v) is 2.42. The monoisotopic (exact) mass is 223 g/mol. The summed E-state index contributed by atoms with van der Waals surface area (Å²) in [5.74, 6) is -0.263. The van der Waals surface area contributed by atoms with Crippen LogP contribution < -0.4 is 10.6 Å². The molecule has 0 amide bonds. The number of ether oxygens (including phenoxy) is 1. The molecule has 0 spiro atoms. The first-order valence-electron chi connectivity index (χ1n) is 5.16. The molecule has 0 radical (unpaired) electrons. The highest BCUT2D eigenvalue weighted by molar-refractivity contribution is 5.81. The van der Waals surface area contributed by atoms with Gasteiger partial charge >= 0.3 is 5.97 Å². The number of pyridine rings is 1. The molecule has 16 heavy (non-hydrogen) atoms. The molecule has 1 atom stereocenters. The van der Waals surface area contributed by atoms with Gasteiger partial charge in [-0.3, -0.25) is 4.98 Å². The molecule has 1 heterocycles. The van der Waals surface area contributed by atoms with Crippen LogP contribution in [0, 0.1) is 0 Å². The van der Waals surface area contributed by atoms with Gasteiger partial charge in [0, 0.05) is 13.2 Å². The molecule has 0 saturated heterocycles. The lowest BCUT2D eigenvalue weighted by molar-refractivity contribution is -0.144. The number of rotatable bonds is 4. The number of anilines is 2. The van der Waals surface area contributed by atoms with E-state index in [4.69, 9.17) is 10.5 Å². The third kappa shape index (κ3) is 2.62. The van der Waals surface area contributed by atoms with Crippen LogP contribution in [-0.4, -0.2) is 30.6 Å². The predicted octanol–water partition coefficient (Wildman–Crippen LogP) is 1.05. The number of hydrogen-bond donors (Lipinski definition) is 1. The Morgan fingerprint density at radius 2 is 2.38 bits per heavy atom. The maximum Gasteiger partial charge on any atom is 0.328 e. The summed E-state index contributed by atoms with van der Waals surface area (Å²) in [7, 11) is 1.80. The van der Waals surface area contributed by atoms with E-state index in [1.807, 2.05) is 0 Å². The Hall–Kier alpha value is -1.78. The summed E-state index contributed by atoms with van der Waals surface area (Å²) in [5, 5.41) is 0. The molecule has 88 valence electrons. The molecule has 0 bridgehead atoms. The van der Waals surface area contributed by atoms with Crippen LogP contribution in [0.5, 0.6) is 0 Å². The van der Waals surface area contributed by atoms with Crippen LogP contribution in [0.2, 0.25) is 0 Å². The molecule has 0 aliphatic carbocycles. The van der Waals surface area contributed by atoms with E-state index in [-0.39, 0.29) is 12.0 Å². The van der Waals surface area contributed by atoms with E-state index in [1.54, 1.807) is 44.3 Å². The van der Waals surface area contributed by atoms with Crippen LogP contribution in [0.4, 0.5) is 11.4 Å². The molecule has 0 aliphatic heterocycles. The fraction of sp³-hybridized carbons (Fsp3) is 0.455. The molecular weight excluding hydrogens is 206 g/mol. The molecule has 0 aliphatic rings. The molecule has 1 unspecified atom stereocenters. The zero-order chi connectivity index (χ0) is 12.1. The van der Waals surface area contributed by atoms with Gasteiger partial charge in [-0.2, -0.15) is 0 Å². The highest BCUT2D eigenvalue weighted by atomic mass is 16.5. The molecule has 0 fully saturated rings. The maximum absolute atomic E-state index is 11.5. The number of carbonyl (C=O) groups excluding carboxylic acids is 1. The van der Waals surface area contributed by atoms with Crippen molar-refractivity contribution in [1.82, 2.24) is 4.98 Å². The smallest absolute Gasteiger partial charge is 0.328 e. The van der Waals surface area contributed by atoms with E-state index in [0.717, 1.165) is 5.69 Å². The van der Waals surface area contributed by atoms with Crippen molar-refractivity contribution in [3.63, 3.8) is 0 Å². The largest absolute Gasteiger partial charge is 0.464 e. The van der Waals surface area contributed by atoms with Gasteiger partial charge < -0.3 is 15.4 Å². The quantitative estimate of drug-likeness (QED) is 0.773. The molecule has 1 aromatic heterocycles. The summed E-state index contributed by atoms with van der Waals surface area (Å²) in [5.41, 5.74) is 7.09. The molecule has 5 heteroatoms. The second-order valence-corrected chi connectivity index (χ2v) is 3.47. The highest BCUT2D eigenvalue weighted by Crippen LogP contribution is 2.22. The van der Waals surface area contributed by atoms with Crippen molar-refractivity contribution >= 4 is 17.3 Å². The van der Waals surface area contributed by atoms with Gasteiger partial charge in [0.15, 0.2) is 0 Å². The maximum atomic E-state index is 11.5. The van der Waals surface area contributed by atoms with Gasteiger partial charge in [-0.1, -0.05) is 0 Å². The molecule has 0 saturated carbocycles. The minimum atomic E-state index is -0.371. The van der Waals surface area contributed by atoms with Crippen molar-refractivity contribution in [1.29, 1.82) is 0 Å². The Balaban J connectivity index is 2.82. The number of nitrogens with two attached hydrogens (primary N) is 1. The number of nitrogen functional groups attached to an aromatic ring is 1. The van der Waals surface area contributed by atoms with E-state index in [2.05, 4.69) is 4.98 Å². The summed E-state index contributed by atoms with van der Waals surface area (Å²) < 4.78 is 4.95. The number of esters is 1. The Morgan fingerprint density at radius 1 is 1.69 bits per heavy atom. The van der Waals surface area contributed by atoms with E-state index in [1.165, 1.54) is 0 Å². The molecule has 2 N–H and O–H groups in total. The number of nitrogens with zero attached hydrogens (tertiary/aromatic N) is 2. The van der Waals surface area contributed by atoms with Crippen molar-refractivity contribution in [2.45, 2.75) is 19.9 Å². The van der Waals surface area contributed by atoms with Crippen LogP contribution in [0.1, 0.15) is 13.8 Å². The van der Waals surface area contributed by atoms with Crippen LogP contribution in [0.3, 0.4) is 0 Å². The van der Waals surface area contributed by atoms with Crippen molar-refractivity contribution in [2.24, 2.45) is 0 Å². The Kier molecular flexibility index (Phi) is 4.10. The standard InChI is InChI=1S/C11H17N3O2/c1-4-16-11(15)8(2)14(3)10-5-6-13-7-9(10)12/h5-8H,4,12H2,1-3H3. The normalized spacial score (nSPS) is 11.9. The minimum Gasteiger partial charge on any atom is -0.464 e. The molecule has 1 aromatic rings. The van der Waals surface area contributed by atoms with Gasteiger partial charge in [0.2, 0.25) is 0 Å². The molecule has 5 nitrogen and oxygen atoms in total. The second-order valence-electron chi connectivity index (χ2n) is 3.47. The summed E-state index contributed by atoms with van der Waals surface area (Å²) in [6.45, 7) is 3.94. The predicted molar refractivity (Wildman–Crippen MR) is 63.1 cm³/mol. The number of likely N-dealkylation sites (N-methyl/N-ethyl adjacent to an activating group) is 1. The first-order valence-corrected chi connectivity index (χ1v) is 5.16. The Bertz CT molecular complexity index is 368. The van der Waals surface area contributed by atoms with Crippen molar-refractivity contribution in [2.75, 3.05) is 24.3 Å². The van der Waals surface area contributed by atoms with E-state index >= 15 is 0 Å². The first kappa shape index (κ1) is 12.3. The fourth-order valence-electron chi connectivity index (χ4n) is 1.35. The average molecular weight is 223 g/mol. The highest BCUT2D eigenvalue weighted by Gasteiger charge is 2.20. The SMILES string of the molecule is CCOC(=O)C(C)N(C)c1ccncc1N. The fourth-order valence-corrected chi connectivity index (χ4v) is 1.35. The van der Waals surface area contributed by atoms with Gasteiger partial charge in [-0.25, -0.2) is 4.79 Å². The van der Waals surface area contributed by atoms with E-state index in [0.29, 0.717) is 12.3 Å². The van der Waals surface area contributed by atoms with Crippen LogP contribution in [-0.2, 0) is 9.53 Å². The van der Waals surface area contributed by atoms with Gasteiger partial charge in [0.1, 0.15) is 6.04 Å². The Labute approximate surface area is 95.2 Å². The number of carbonyl (C=O) groups is 1. The van der Waals surface area contributed by atoms with E-state index in [9.17, 15) is 4.79 Å². The molecule has 1 rings (SSSR count). The van der Waals surface area contributed by atoms with E-state index < -0.39 is 0 Å². The Morgan fingerprint density at radius 3 is 2.94 bits per heavy atom. The summed E-state index contributed by atoms with van der Waals surface area (Å²) in [4.78, 5) is 17.2. The lowest BCUT2D eigenvalue weighted by atomic mass is 10.2. The van der Waals surface area contributed by atoms with Crippen LogP contribution in [0.15, 0.2) is 18.5 Å². The summed E-state index contributed by atoms with van der Waals surface area (Å²) in [6, 6.07) is 1.40. The summed E-state index contributed by atoms with van der Waals surface area (Å²) >= 11 is 0. The van der Waals surface area contributed by atoms with Crippen LogP contribution in [0.25, 0.3) is 0 Å². The first-order chi connectivity index (χ1) is 7.57. The van der Waals surface area contributed by atoms with Crippen molar-refractivity contribution < 1.29 is 9.53 Å². The van der Waals surface area contributed by atoms with Crippen molar-refractivity contribution in [3.05, 3.63) is 18.5 Å². The lowest BCUT2D eigenvalue weighted by Gasteiger charge is -2.26. The molecular formula is C11H17N3O2. The lowest BCUT2D eigenvalue weighted by Crippen LogP contribution is -2.37. The third-order valence-electron chi connectivity index (χ3n) is 2.42. The second kappa shape index (κ2) is 5.34. The van der Waals surface area contributed by atoms with Gasteiger partial charge in [0.05, 0.1) is 24.2 Å². The average Bonchev–Trinajstić information content (AvgIpc) is 2.28. The summed E-state index contributed by atoms with van der Waals surface area (Å²) in [6.07, 6.45) is 3.20. The minimum absolute atomic E-state index is 0.263.